The SMILES string of the molecule is CC(C)Cn1cc(N(C)c2ccc3c(c2)CN(CC2CC2)CC3)ccc1=O. The predicted octanol–water partition coefficient (Wildman–Crippen LogP) is 4.04. The van der Waals surface area contributed by atoms with Crippen LogP contribution >= 0.6 is 0 Å². The standard InChI is InChI=1S/C23H31N3O/c1-17(2)13-26-16-22(8-9-23(26)27)24(3)21-7-6-19-10-11-25(14-18-4-5-18)15-20(19)12-21/h6-9,12,16-18H,4-5,10-11,13-15H2,1-3H3. The molecule has 1 aliphatic heterocycles. The molecule has 0 N–H and O–H groups in total. The Labute approximate surface area is 162 Å². The number of rotatable bonds is 6. The molecule has 0 amide bonds. The Morgan fingerprint density at radius 2 is 1.89 bits per heavy atom. The van der Waals surface area contributed by atoms with E-state index in [1.54, 1.807) is 6.07 Å². The van der Waals surface area contributed by atoms with E-state index in [9.17, 15) is 4.79 Å². The van der Waals surface area contributed by atoms with Gasteiger partial charge in [0.25, 0.3) is 5.56 Å². The topological polar surface area (TPSA) is 28.5 Å². The molecule has 1 saturated carbocycles. The van der Waals surface area contributed by atoms with Gasteiger partial charge in [0.05, 0.1) is 5.69 Å². The van der Waals surface area contributed by atoms with E-state index >= 15 is 0 Å². The van der Waals surface area contributed by atoms with Crippen LogP contribution in [0.2, 0.25) is 0 Å². The number of anilines is 2. The van der Waals surface area contributed by atoms with Crippen molar-refractivity contribution in [3.63, 3.8) is 0 Å². The Kier molecular flexibility index (Phi) is 5.09. The molecular weight excluding hydrogens is 334 g/mol. The van der Waals surface area contributed by atoms with Crippen LogP contribution in [0.25, 0.3) is 0 Å². The summed E-state index contributed by atoms with van der Waals surface area (Å²) >= 11 is 0. The highest BCUT2D eigenvalue weighted by molar-refractivity contribution is 5.63. The molecule has 4 rings (SSSR count). The predicted molar refractivity (Wildman–Crippen MR) is 112 cm³/mol. The van der Waals surface area contributed by atoms with E-state index in [0.717, 1.165) is 31.1 Å². The van der Waals surface area contributed by atoms with Crippen LogP contribution in [0.5, 0.6) is 0 Å². The summed E-state index contributed by atoms with van der Waals surface area (Å²) in [7, 11) is 2.09. The molecule has 0 spiro atoms. The Bertz CT molecular complexity index is 866. The number of fused-ring (bicyclic) bond motifs is 1. The van der Waals surface area contributed by atoms with E-state index < -0.39 is 0 Å². The molecule has 1 aromatic carbocycles. The third-order valence-electron chi connectivity index (χ3n) is 5.80. The minimum absolute atomic E-state index is 0.0713. The lowest BCUT2D eigenvalue weighted by Crippen LogP contribution is -2.32. The fourth-order valence-corrected chi connectivity index (χ4v) is 4.03. The molecule has 2 aliphatic rings. The number of hydrogen-bond donors (Lipinski definition) is 0. The van der Waals surface area contributed by atoms with Gasteiger partial charge in [0.1, 0.15) is 0 Å². The number of aromatic nitrogens is 1. The summed E-state index contributed by atoms with van der Waals surface area (Å²) in [6, 6.07) is 10.5. The molecule has 1 aromatic heterocycles. The Morgan fingerprint density at radius 1 is 1.11 bits per heavy atom. The molecule has 4 nitrogen and oxygen atoms in total. The lowest BCUT2D eigenvalue weighted by atomic mass is 9.98. The molecule has 1 fully saturated rings. The van der Waals surface area contributed by atoms with Crippen molar-refractivity contribution in [2.75, 3.05) is 25.0 Å². The molecule has 1 aliphatic carbocycles. The minimum Gasteiger partial charge on any atom is -0.343 e. The maximum absolute atomic E-state index is 12.1. The first-order valence-electron chi connectivity index (χ1n) is 10.3. The molecule has 0 atom stereocenters. The van der Waals surface area contributed by atoms with Crippen molar-refractivity contribution in [1.29, 1.82) is 0 Å². The van der Waals surface area contributed by atoms with E-state index in [0.29, 0.717) is 5.92 Å². The van der Waals surface area contributed by atoms with Crippen LogP contribution in [0.3, 0.4) is 0 Å². The number of benzene rings is 1. The third-order valence-corrected chi connectivity index (χ3v) is 5.80. The fraction of sp³-hybridized carbons (Fsp3) is 0.522. The molecule has 2 aromatic rings. The first kappa shape index (κ1) is 18.3. The highest BCUT2D eigenvalue weighted by atomic mass is 16.1. The summed E-state index contributed by atoms with van der Waals surface area (Å²) in [5.74, 6) is 1.39. The van der Waals surface area contributed by atoms with Gasteiger partial charge in [-0.15, -0.1) is 0 Å². The molecule has 4 heteroatoms. The van der Waals surface area contributed by atoms with Gasteiger partial charge >= 0.3 is 0 Å². The lowest BCUT2D eigenvalue weighted by Gasteiger charge is -2.30. The second-order valence-corrected chi connectivity index (χ2v) is 8.71. The van der Waals surface area contributed by atoms with Gasteiger partial charge in [-0.25, -0.2) is 0 Å². The zero-order chi connectivity index (χ0) is 19.0. The van der Waals surface area contributed by atoms with Gasteiger partial charge in [-0.3, -0.25) is 9.69 Å². The second-order valence-electron chi connectivity index (χ2n) is 8.71. The summed E-state index contributed by atoms with van der Waals surface area (Å²) in [4.78, 5) is 16.9. The monoisotopic (exact) mass is 365 g/mol. The smallest absolute Gasteiger partial charge is 0.250 e. The van der Waals surface area contributed by atoms with Crippen molar-refractivity contribution >= 4 is 11.4 Å². The Morgan fingerprint density at radius 3 is 2.63 bits per heavy atom. The molecule has 0 bridgehead atoms. The summed E-state index contributed by atoms with van der Waals surface area (Å²) in [5.41, 5.74) is 5.27. The van der Waals surface area contributed by atoms with Crippen LogP contribution in [0.1, 0.15) is 37.8 Å². The Balaban J connectivity index is 1.55. The number of pyridine rings is 1. The van der Waals surface area contributed by atoms with Crippen molar-refractivity contribution in [2.45, 2.75) is 46.2 Å². The molecule has 0 unspecified atom stereocenters. The van der Waals surface area contributed by atoms with Gasteiger partial charge in [0.15, 0.2) is 0 Å². The van der Waals surface area contributed by atoms with Crippen LogP contribution in [0.15, 0.2) is 41.3 Å². The largest absolute Gasteiger partial charge is 0.343 e. The van der Waals surface area contributed by atoms with Crippen LogP contribution in [-0.4, -0.2) is 29.6 Å². The molecule has 0 saturated heterocycles. The number of nitrogens with zero attached hydrogens (tertiary/aromatic N) is 3. The van der Waals surface area contributed by atoms with E-state index in [1.807, 2.05) is 16.8 Å². The third kappa shape index (κ3) is 4.27. The van der Waals surface area contributed by atoms with Gasteiger partial charge in [-0.2, -0.15) is 0 Å². The van der Waals surface area contributed by atoms with Crippen molar-refractivity contribution in [3.05, 3.63) is 58.0 Å². The molecule has 2 heterocycles. The molecule has 27 heavy (non-hydrogen) atoms. The second kappa shape index (κ2) is 7.51. The first-order valence-corrected chi connectivity index (χ1v) is 10.3. The van der Waals surface area contributed by atoms with Crippen molar-refractivity contribution in [2.24, 2.45) is 11.8 Å². The normalized spacial score (nSPS) is 17.2. The van der Waals surface area contributed by atoms with Crippen LogP contribution in [0.4, 0.5) is 11.4 Å². The maximum Gasteiger partial charge on any atom is 0.250 e. The van der Waals surface area contributed by atoms with E-state index in [2.05, 4.69) is 48.9 Å². The summed E-state index contributed by atoms with van der Waals surface area (Å²) in [6.45, 7) is 8.55. The van der Waals surface area contributed by atoms with Crippen molar-refractivity contribution in [3.8, 4) is 0 Å². The summed E-state index contributed by atoms with van der Waals surface area (Å²) in [6.07, 6.45) is 5.98. The Hall–Kier alpha value is -2.07. The van der Waals surface area contributed by atoms with Crippen molar-refractivity contribution < 1.29 is 0 Å². The van der Waals surface area contributed by atoms with Gasteiger partial charge in [0.2, 0.25) is 0 Å². The molecular formula is C23H31N3O. The fourth-order valence-electron chi connectivity index (χ4n) is 4.03. The lowest BCUT2D eigenvalue weighted by molar-refractivity contribution is 0.244. The summed E-state index contributed by atoms with van der Waals surface area (Å²) in [5, 5.41) is 0. The first-order chi connectivity index (χ1) is 13.0. The number of hydrogen-bond acceptors (Lipinski definition) is 3. The van der Waals surface area contributed by atoms with Gasteiger partial charge < -0.3 is 9.47 Å². The van der Waals surface area contributed by atoms with Crippen LogP contribution < -0.4 is 10.5 Å². The van der Waals surface area contributed by atoms with Gasteiger partial charge in [0, 0.05) is 51.2 Å². The van der Waals surface area contributed by atoms with E-state index in [-0.39, 0.29) is 5.56 Å². The zero-order valence-corrected chi connectivity index (χ0v) is 16.8. The zero-order valence-electron chi connectivity index (χ0n) is 16.8. The quantitative estimate of drug-likeness (QED) is 0.773. The van der Waals surface area contributed by atoms with Gasteiger partial charge in [-0.1, -0.05) is 19.9 Å². The average molecular weight is 366 g/mol. The van der Waals surface area contributed by atoms with E-state index in [1.165, 1.54) is 42.7 Å². The summed E-state index contributed by atoms with van der Waals surface area (Å²) < 4.78 is 1.83. The highest BCUT2D eigenvalue weighted by Gasteiger charge is 2.26. The van der Waals surface area contributed by atoms with Crippen LogP contribution in [-0.2, 0) is 19.5 Å². The average Bonchev–Trinajstić information content (AvgIpc) is 3.46. The highest BCUT2D eigenvalue weighted by Crippen LogP contribution is 2.33. The van der Waals surface area contributed by atoms with Crippen LogP contribution in [0, 0.1) is 11.8 Å². The molecule has 0 radical (unpaired) electrons. The van der Waals surface area contributed by atoms with Gasteiger partial charge in [-0.05, 0) is 60.4 Å². The van der Waals surface area contributed by atoms with E-state index in [4.69, 9.17) is 0 Å². The molecule has 144 valence electrons. The van der Waals surface area contributed by atoms with Crippen molar-refractivity contribution in [1.82, 2.24) is 9.47 Å². The minimum atomic E-state index is 0.0713. The maximum atomic E-state index is 12.1.